The van der Waals surface area contributed by atoms with E-state index in [9.17, 15) is 9.59 Å². The van der Waals surface area contributed by atoms with Crippen molar-refractivity contribution in [2.24, 2.45) is 10.9 Å². The van der Waals surface area contributed by atoms with Crippen LogP contribution in [0.25, 0.3) is 0 Å². The predicted molar refractivity (Wildman–Crippen MR) is 143 cm³/mol. The number of Topliss-reactive ketones (excluding diaryl/α,β-unsaturated/α-hetero) is 1. The molecule has 0 amide bonds. The smallest absolute Gasteiger partial charge is 0.315 e. The average molecular weight is 564 g/mol. The normalized spacial score (nSPS) is 25.5. The summed E-state index contributed by atoms with van der Waals surface area (Å²) in [6, 6.07) is 13.9. The number of fused-ring (bicyclic) bond motifs is 1. The van der Waals surface area contributed by atoms with Gasteiger partial charge in [-0.3, -0.25) is 14.6 Å². The molecule has 0 spiro atoms. The molecule has 2 aromatic carbocycles. The summed E-state index contributed by atoms with van der Waals surface area (Å²) in [4.78, 5) is 32.5. The largest absolute Gasteiger partial charge is 0.462 e. The number of ketones is 1. The molecule has 192 valence electrons. The van der Waals surface area contributed by atoms with Gasteiger partial charge in [-0.2, -0.15) is 0 Å². The Kier molecular flexibility index (Phi) is 6.65. The maximum atomic E-state index is 13.9. The Hall–Kier alpha value is -2.93. The predicted octanol–water partition coefficient (Wildman–Crippen LogP) is 6.63. The van der Waals surface area contributed by atoms with E-state index in [1.165, 1.54) is 6.42 Å². The molecule has 37 heavy (non-hydrogen) atoms. The van der Waals surface area contributed by atoms with Crippen LogP contribution in [0, 0.1) is 5.92 Å². The Bertz CT molecular complexity index is 1290. The highest BCUT2D eigenvalue weighted by molar-refractivity contribution is 9.10. The summed E-state index contributed by atoms with van der Waals surface area (Å²) in [6.45, 7) is 2.04. The second kappa shape index (κ2) is 10.1. The van der Waals surface area contributed by atoms with Gasteiger partial charge in [0.05, 0.1) is 0 Å². The van der Waals surface area contributed by atoms with Gasteiger partial charge in [0.15, 0.2) is 17.3 Å². The van der Waals surface area contributed by atoms with Crippen molar-refractivity contribution in [1.82, 2.24) is 0 Å². The van der Waals surface area contributed by atoms with Crippen LogP contribution in [0.4, 0.5) is 0 Å². The molecule has 3 atom stereocenters. The molecular weight excluding hydrogens is 534 g/mol. The fourth-order valence-electron chi connectivity index (χ4n) is 6.25. The molecule has 2 aliphatic heterocycles. The Balaban J connectivity index is 1.42. The fraction of sp³-hybridized carbons (Fsp3) is 0.433. The number of carbonyl (C=O) groups excluding carboxylic acids is 2. The van der Waals surface area contributed by atoms with Crippen molar-refractivity contribution in [1.29, 1.82) is 0 Å². The van der Waals surface area contributed by atoms with E-state index in [1.54, 1.807) is 0 Å². The molecule has 0 radical (unpaired) electrons. The zero-order chi connectivity index (χ0) is 25.5. The van der Waals surface area contributed by atoms with E-state index >= 15 is 0 Å². The second-order valence-corrected chi connectivity index (χ2v) is 11.3. The number of halogens is 1. The highest BCUT2D eigenvalue weighted by atomic mass is 79.9. The Morgan fingerprint density at radius 1 is 1.03 bits per heavy atom. The van der Waals surface area contributed by atoms with Crippen molar-refractivity contribution >= 4 is 33.4 Å². The summed E-state index contributed by atoms with van der Waals surface area (Å²) in [6.07, 6.45) is 6.07. The monoisotopic (exact) mass is 563 g/mol. The molecule has 6 rings (SSSR count). The lowest BCUT2D eigenvalue weighted by Crippen LogP contribution is -2.39. The van der Waals surface area contributed by atoms with Gasteiger partial charge in [0.2, 0.25) is 6.79 Å². The number of nitrogens with zero attached hydrogens (tertiary/aromatic N) is 1. The summed E-state index contributed by atoms with van der Waals surface area (Å²) in [5.41, 5.74) is 4.05. The van der Waals surface area contributed by atoms with Crippen LogP contribution in [0.1, 0.15) is 74.8 Å². The van der Waals surface area contributed by atoms with Gasteiger partial charge in [-0.05, 0) is 68.2 Å². The van der Waals surface area contributed by atoms with E-state index in [1.807, 2.05) is 37.3 Å². The highest BCUT2D eigenvalue weighted by Crippen LogP contribution is 2.50. The maximum absolute atomic E-state index is 13.9. The first-order valence-corrected chi connectivity index (χ1v) is 13.9. The van der Waals surface area contributed by atoms with E-state index in [4.69, 9.17) is 19.2 Å². The van der Waals surface area contributed by atoms with Gasteiger partial charge in [-0.15, -0.1) is 0 Å². The van der Waals surface area contributed by atoms with Crippen LogP contribution < -0.4 is 9.47 Å². The molecular formula is C30H30BrNO5. The highest BCUT2D eigenvalue weighted by Gasteiger charge is 2.46. The van der Waals surface area contributed by atoms with Crippen LogP contribution in [-0.2, 0) is 14.3 Å². The molecule has 2 aliphatic carbocycles. The van der Waals surface area contributed by atoms with E-state index in [0.29, 0.717) is 35.6 Å². The molecule has 1 saturated carbocycles. The molecule has 1 unspecified atom stereocenters. The third-order valence-electron chi connectivity index (χ3n) is 8.08. The summed E-state index contributed by atoms with van der Waals surface area (Å²) in [7, 11) is 0. The van der Waals surface area contributed by atoms with Crippen molar-refractivity contribution in [2.75, 3.05) is 6.79 Å². The minimum Gasteiger partial charge on any atom is -0.462 e. The Labute approximate surface area is 225 Å². The molecule has 0 N–H and O–H groups in total. The maximum Gasteiger partial charge on any atom is 0.315 e. The first kappa shape index (κ1) is 24.4. The van der Waals surface area contributed by atoms with Crippen molar-refractivity contribution in [3.63, 3.8) is 0 Å². The Morgan fingerprint density at radius 3 is 2.51 bits per heavy atom. The lowest BCUT2D eigenvalue weighted by atomic mass is 9.69. The van der Waals surface area contributed by atoms with Crippen LogP contribution in [0.2, 0.25) is 0 Å². The first-order valence-electron chi connectivity index (χ1n) is 13.2. The lowest BCUT2D eigenvalue weighted by molar-refractivity contribution is -0.153. The number of carbonyl (C=O) groups is 2. The van der Waals surface area contributed by atoms with Crippen molar-refractivity contribution in [2.45, 2.75) is 69.8 Å². The van der Waals surface area contributed by atoms with Gasteiger partial charge in [0.25, 0.3) is 0 Å². The summed E-state index contributed by atoms with van der Waals surface area (Å²) >= 11 is 3.70. The molecule has 1 fully saturated rings. The van der Waals surface area contributed by atoms with Gasteiger partial charge >= 0.3 is 5.97 Å². The van der Waals surface area contributed by atoms with Crippen LogP contribution >= 0.6 is 15.9 Å². The average Bonchev–Trinajstić information content (AvgIpc) is 3.35. The van der Waals surface area contributed by atoms with Crippen LogP contribution in [0.5, 0.6) is 11.5 Å². The third-order valence-corrected chi connectivity index (χ3v) is 8.76. The molecule has 7 heteroatoms. The zero-order valence-corrected chi connectivity index (χ0v) is 22.5. The van der Waals surface area contributed by atoms with E-state index in [2.05, 4.69) is 28.1 Å². The number of rotatable bonds is 4. The number of benzene rings is 2. The van der Waals surface area contributed by atoms with Gasteiger partial charge in [0.1, 0.15) is 12.0 Å². The zero-order valence-electron chi connectivity index (χ0n) is 20.9. The fourth-order valence-corrected chi connectivity index (χ4v) is 6.82. The van der Waals surface area contributed by atoms with E-state index in [-0.39, 0.29) is 30.6 Å². The lowest BCUT2D eigenvalue weighted by Gasteiger charge is -2.37. The van der Waals surface area contributed by atoms with E-state index in [0.717, 1.165) is 47.0 Å². The molecule has 2 heterocycles. The molecule has 0 bridgehead atoms. The summed E-state index contributed by atoms with van der Waals surface area (Å²) in [5, 5.41) is 0. The number of allylic oxidation sites excluding steroid dienone is 2. The van der Waals surface area contributed by atoms with Gasteiger partial charge < -0.3 is 14.2 Å². The number of hydrogen-bond donors (Lipinski definition) is 0. The molecule has 6 nitrogen and oxygen atoms in total. The number of ether oxygens (including phenoxy) is 3. The van der Waals surface area contributed by atoms with Crippen molar-refractivity contribution in [3.05, 3.63) is 69.3 Å². The van der Waals surface area contributed by atoms with Crippen LogP contribution in [0.15, 0.2) is 63.2 Å². The third kappa shape index (κ3) is 4.63. The molecule has 4 aliphatic rings. The van der Waals surface area contributed by atoms with Crippen molar-refractivity contribution in [3.8, 4) is 11.5 Å². The second-order valence-electron chi connectivity index (χ2n) is 10.4. The van der Waals surface area contributed by atoms with E-state index < -0.39 is 11.8 Å². The van der Waals surface area contributed by atoms with Crippen LogP contribution in [0.3, 0.4) is 0 Å². The summed E-state index contributed by atoms with van der Waals surface area (Å²) in [5.74, 6) is -0.109. The first-order chi connectivity index (χ1) is 18.0. The number of esters is 1. The molecule has 0 saturated heterocycles. The minimum atomic E-state index is -0.672. The quantitative estimate of drug-likeness (QED) is 0.390. The van der Waals surface area contributed by atoms with Crippen LogP contribution in [-0.4, -0.2) is 30.4 Å². The summed E-state index contributed by atoms with van der Waals surface area (Å²) < 4.78 is 18.1. The minimum absolute atomic E-state index is 0.0383. The molecule has 2 aromatic rings. The van der Waals surface area contributed by atoms with Gasteiger partial charge in [0, 0.05) is 33.8 Å². The van der Waals surface area contributed by atoms with Crippen molar-refractivity contribution < 1.29 is 23.8 Å². The number of aliphatic imine (C=N–C) groups is 1. The SMILES string of the molecule is CC1=NC2=C(C(=O)C[C@H](c3ccccc3)C2)[C@@H](c2cc3c(cc2Br)OCO3)C1C(=O)OC1CCCCC1. The molecule has 0 aromatic heterocycles. The topological polar surface area (TPSA) is 74.2 Å². The van der Waals surface area contributed by atoms with Gasteiger partial charge in [-0.1, -0.05) is 52.7 Å². The Morgan fingerprint density at radius 2 is 1.76 bits per heavy atom. The number of hydrogen-bond acceptors (Lipinski definition) is 6. The standard InChI is InChI=1S/C30H30BrNO5/c1-17-27(30(34)37-20-10-6-3-7-11-20)28(21-14-25-26(15-22(21)31)36-16-35-25)29-23(32-17)12-19(13-24(29)33)18-8-4-2-5-9-18/h2,4-5,8-9,14-15,19-20,27-28H,3,6-7,10-13,16H2,1H3/t19-,27?,28+/m1/s1. The van der Waals surface area contributed by atoms with Gasteiger partial charge in [-0.25, -0.2) is 0 Å².